The molecule has 9 heteroatoms. The Morgan fingerprint density at radius 1 is 0.971 bits per heavy atom. The van der Waals surface area contributed by atoms with E-state index >= 15 is 0 Å². The maximum absolute atomic E-state index is 12.9. The molecule has 4 rings (SSSR count). The van der Waals surface area contributed by atoms with Crippen LogP contribution < -0.4 is 14.2 Å². The second-order valence-electron chi connectivity index (χ2n) is 7.43. The van der Waals surface area contributed by atoms with Crippen molar-refractivity contribution >= 4 is 46.6 Å². The molecule has 1 heterocycles. The number of benzene rings is 3. The number of hydrogen-bond donors (Lipinski definition) is 0. The van der Waals surface area contributed by atoms with Gasteiger partial charge in [-0.2, -0.15) is 0 Å². The first-order valence-electron chi connectivity index (χ1n) is 10.4. The van der Waals surface area contributed by atoms with Crippen LogP contribution in [0.1, 0.15) is 21.5 Å². The monoisotopic (exact) mass is 509 g/mol. The lowest BCUT2D eigenvalue weighted by atomic mass is 10.1. The van der Waals surface area contributed by atoms with Crippen molar-refractivity contribution in [3.05, 3.63) is 93.3 Å². The smallest absolute Gasteiger partial charge is 0.343 e. The zero-order chi connectivity index (χ0) is 24.9. The van der Waals surface area contributed by atoms with Crippen LogP contribution in [0.15, 0.2) is 71.6 Å². The minimum atomic E-state index is -0.579. The van der Waals surface area contributed by atoms with E-state index in [2.05, 4.69) is 0 Å². The molecule has 0 unspecified atom stereocenters. The van der Waals surface area contributed by atoms with Gasteiger partial charge in [-0.15, -0.1) is 0 Å². The van der Waals surface area contributed by atoms with E-state index in [1.54, 1.807) is 72.8 Å². The van der Waals surface area contributed by atoms with E-state index in [0.717, 1.165) is 22.2 Å². The van der Waals surface area contributed by atoms with Gasteiger partial charge in [0.05, 0.1) is 31.2 Å². The topological polar surface area (TPSA) is 82.1 Å². The second-order valence-corrected chi connectivity index (χ2v) is 8.86. The predicted octanol–water partition coefficient (Wildman–Crippen LogP) is 5.81. The first-order chi connectivity index (χ1) is 16.9. The lowest BCUT2D eigenvalue weighted by Crippen LogP contribution is -2.27. The summed E-state index contributed by atoms with van der Waals surface area (Å²) < 4.78 is 16.0. The highest BCUT2D eigenvalue weighted by Crippen LogP contribution is 2.35. The second kappa shape index (κ2) is 10.7. The molecule has 0 aromatic heterocycles. The molecule has 35 heavy (non-hydrogen) atoms. The number of methoxy groups -OCH3 is 2. The normalized spacial score (nSPS) is 14.4. The molecule has 0 aliphatic carbocycles. The van der Waals surface area contributed by atoms with E-state index in [4.69, 9.17) is 25.8 Å². The first kappa shape index (κ1) is 24.4. The van der Waals surface area contributed by atoms with E-state index in [0.29, 0.717) is 27.6 Å². The van der Waals surface area contributed by atoms with Gasteiger partial charge >= 0.3 is 5.97 Å². The summed E-state index contributed by atoms with van der Waals surface area (Å²) in [7, 11) is 3.00. The predicted molar refractivity (Wildman–Crippen MR) is 134 cm³/mol. The Bertz CT molecular complexity index is 1320. The van der Waals surface area contributed by atoms with E-state index in [1.807, 2.05) is 0 Å². The molecule has 1 aliphatic heterocycles. The lowest BCUT2D eigenvalue weighted by Gasteiger charge is -2.12. The maximum Gasteiger partial charge on any atom is 0.343 e. The quantitative estimate of drug-likeness (QED) is 0.226. The lowest BCUT2D eigenvalue weighted by molar-refractivity contribution is -0.123. The summed E-state index contributed by atoms with van der Waals surface area (Å²) in [6.45, 7) is 0.121. The summed E-state index contributed by atoms with van der Waals surface area (Å²) in [5.74, 6) is 0.154. The fourth-order valence-electron chi connectivity index (χ4n) is 3.35. The Labute approximate surface area is 211 Å². The number of thioether (sulfide) groups is 1. The molecule has 0 N–H and O–H groups in total. The number of ether oxygens (including phenoxy) is 3. The number of nitrogens with zero attached hydrogens (tertiary/aromatic N) is 1. The minimum Gasteiger partial charge on any atom is -0.497 e. The van der Waals surface area contributed by atoms with E-state index < -0.39 is 11.9 Å². The average molecular weight is 510 g/mol. The van der Waals surface area contributed by atoms with Crippen LogP contribution in [0.2, 0.25) is 5.02 Å². The molecular weight excluding hydrogens is 490 g/mol. The van der Waals surface area contributed by atoms with Gasteiger partial charge in [-0.3, -0.25) is 14.5 Å². The molecule has 1 aliphatic rings. The van der Waals surface area contributed by atoms with Crippen molar-refractivity contribution in [1.82, 2.24) is 4.90 Å². The van der Waals surface area contributed by atoms with Crippen LogP contribution in [0.3, 0.4) is 0 Å². The number of halogens is 1. The summed E-state index contributed by atoms with van der Waals surface area (Å²) in [4.78, 5) is 39.4. The fraction of sp³-hybridized carbons (Fsp3) is 0.115. The van der Waals surface area contributed by atoms with Gasteiger partial charge < -0.3 is 14.2 Å². The SMILES string of the molecule is COc1ccc(C(=O)Oc2cc(/C=C3\SC(=O)N(Cc4cccc(Cl)c4)C3=O)ccc2OC)cc1. The van der Waals surface area contributed by atoms with Crippen molar-refractivity contribution in [3.8, 4) is 17.2 Å². The van der Waals surface area contributed by atoms with Crippen molar-refractivity contribution in [2.24, 2.45) is 0 Å². The van der Waals surface area contributed by atoms with Crippen LogP contribution in [-0.2, 0) is 11.3 Å². The summed E-state index contributed by atoms with van der Waals surface area (Å²) in [6, 6.07) is 18.4. The number of rotatable bonds is 7. The minimum absolute atomic E-state index is 0.121. The van der Waals surface area contributed by atoms with Crippen LogP contribution in [0.5, 0.6) is 17.2 Å². The standard InChI is InChI=1S/C26H20ClNO6S/c1-32-20-9-7-18(8-10-20)25(30)34-22-13-16(6-11-21(22)33-2)14-23-24(29)28(26(31)35-23)15-17-4-3-5-19(27)12-17/h3-14H,15H2,1-2H3/b23-14-. The zero-order valence-electron chi connectivity index (χ0n) is 18.8. The van der Waals surface area contributed by atoms with Crippen LogP contribution in [0.4, 0.5) is 4.79 Å². The number of esters is 1. The largest absolute Gasteiger partial charge is 0.497 e. The molecule has 3 aromatic carbocycles. The van der Waals surface area contributed by atoms with Crippen LogP contribution in [0.25, 0.3) is 6.08 Å². The van der Waals surface area contributed by atoms with Crippen LogP contribution >= 0.6 is 23.4 Å². The number of carbonyl (C=O) groups is 3. The Morgan fingerprint density at radius 3 is 2.43 bits per heavy atom. The summed E-state index contributed by atoms with van der Waals surface area (Å²) >= 11 is 6.86. The number of amides is 2. The van der Waals surface area contributed by atoms with Crippen LogP contribution in [-0.4, -0.2) is 36.2 Å². The number of carbonyl (C=O) groups excluding carboxylic acids is 3. The van der Waals surface area contributed by atoms with Crippen molar-refractivity contribution in [1.29, 1.82) is 0 Å². The molecule has 0 radical (unpaired) electrons. The van der Waals surface area contributed by atoms with Crippen molar-refractivity contribution in [2.45, 2.75) is 6.54 Å². The molecule has 3 aromatic rings. The number of hydrogen-bond acceptors (Lipinski definition) is 7. The van der Waals surface area contributed by atoms with Gasteiger partial charge in [0.15, 0.2) is 11.5 Å². The zero-order valence-corrected chi connectivity index (χ0v) is 20.4. The third-order valence-corrected chi connectivity index (χ3v) is 6.26. The third-order valence-electron chi connectivity index (χ3n) is 5.12. The van der Waals surface area contributed by atoms with E-state index in [1.165, 1.54) is 14.2 Å². The Kier molecular flexibility index (Phi) is 7.43. The molecular formula is C26H20ClNO6S. The third kappa shape index (κ3) is 5.67. The van der Waals surface area contributed by atoms with Gasteiger partial charge in [0.2, 0.25) is 0 Å². The maximum atomic E-state index is 12.9. The molecule has 1 fully saturated rings. The highest BCUT2D eigenvalue weighted by atomic mass is 35.5. The molecule has 0 spiro atoms. The summed E-state index contributed by atoms with van der Waals surface area (Å²) in [6.07, 6.45) is 1.58. The highest BCUT2D eigenvalue weighted by Gasteiger charge is 2.35. The molecule has 0 atom stereocenters. The Balaban J connectivity index is 1.54. The van der Waals surface area contributed by atoms with Crippen LogP contribution in [0, 0.1) is 0 Å². The van der Waals surface area contributed by atoms with Gasteiger partial charge in [-0.05, 0) is 77.5 Å². The number of imide groups is 1. The van der Waals surface area contributed by atoms with Gasteiger partial charge in [0, 0.05) is 5.02 Å². The summed E-state index contributed by atoms with van der Waals surface area (Å²) in [5.41, 5.74) is 1.65. The fourth-order valence-corrected chi connectivity index (χ4v) is 4.41. The van der Waals surface area contributed by atoms with Gasteiger partial charge in [0.25, 0.3) is 11.1 Å². The Morgan fingerprint density at radius 2 is 1.74 bits per heavy atom. The molecule has 0 saturated carbocycles. The van der Waals surface area contributed by atoms with Gasteiger partial charge in [-0.25, -0.2) is 4.79 Å². The molecule has 0 bridgehead atoms. The van der Waals surface area contributed by atoms with E-state index in [-0.39, 0.29) is 22.4 Å². The molecule has 1 saturated heterocycles. The first-order valence-corrected chi connectivity index (χ1v) is 11.6. The summed E-state index contributed by atoms with van der Waals surface area (Å²) in [5, 5.41) is 0.154. The van der Waals surface area contributed by atoms with Crippen molar-refractivity contribution in [3.63, 3.8) is 0 Å². The van der Waals surface area contributed by atoms with Gasteiger partial charge in [0.1, 0.15) is 5.75 Å². The van der Waals surface area contributed by atoms with Crippen molar-refractivity contribution < 1.29 is 28.6 Å². The Hall–Kier alpha value is -3.75. The molecule has 2 amide bonds. The molecule has 178 valence electrons. The average Bonchev–Trinajstić information content (AvgIpc) is 3.11. The van der Waals surface area contributed by atoms with Crippen molar-refractivity contribution in [2.75, 3.05) is 14.2 Å². The van der Waals surface area contributed by atoms with E-state index in [9.17, 15) is 14.4 Å². The van der Waals surface area contributed by atoms with Gasteiger partial charge in [-0.1, -0.05) is 29.8 Å². The molecule has 7 nitrogen and oxygen atoms in total. The highest BCUT2D eigenvalue weighted by molar-refractivity contribution is 8.18.